The number of rotatable bonds is 3. The molecule has 1 fully saturated rings. The molecule has 0 N–H and O–H groups in total. The molecule has 21 heavy (non-hydrogen) atoms. The Labute approximate surface area is 122 Å². The van der Waals surface area contributed by atoms with Crippen molar-refractivity contribution in [2.75, 3.05) is 14.2 Å². The second-order valence-electron chi connectivity index (χ2n) is 5.34. The van der Waals surface area contributed by atoms with E-state index in [1.807, 2.05) is 6.07 Å². The molecule has 0 spiro atoms. The molecule has 0 amide bonds. The molecule has 2 aliphatic rings. The molecule has 1 saturated carbocycles. The lowest BCUT2D eigenvalue weighted by Crippen LogP contribution is -2.40. The molecule has 1 aromatic rings. The molecule has 5 nitrogen and oxygen atoms in total. The number of ether oxygens (including phenoxy) is 2. The van der Waals surface area contributed by atoms with Crippen molar-refractivity contribution in [3.63, 3.8) is 0 Å². The molecule has 2 aliphatic carbocycles. The van der Waals surface area contributed by atoms with Crippen molar-refractivity contribution in [2.24, 2.45) is 11.3 Å². The Hall–Kier alpha value is -2.30. The van der Waals surface area contributed by atoms with Gasteiger partial charge in [-0.1, -0.05) is 6.58 Å². The average molecular weight is 288 g/mol. The summed E-state index contributed by atoms with van der Waals surface area (Å²) in [5, 5.41) is 0. The van der Waals surface area contributed by atoms with Crippen molar-refractivity contribution >= 4 is 11.8 Å². The van der Waals surface area contributed by atoms with Crippen molar-refractivity contribution in [1.82, 2.24) is 0 Å². The van der Waals surface area contributed by atoms with E-state index < -0.39 is 11.4 Å². The fraction of sp³-hybridized carbons (Fsp3) is 0.375. The van der Waals surface area contributed by atoms with Crippen LogP contribution in [-0.4, -0.2) is 26.0 Å². The third-order valence-corrected chi connectivity index (χ3v) is 4.53. The quantitative estimate of drug-likeness (QED) is 0.484. The maximum Gasteiger partial charge on any atom is 0.323 e. The molecule has 1 aromatic heterocycles. The van der Waals surface area contributed by atoms with Gasteiger partial charge in [-0.25, -0.2) is 0 Å². The van der Waals surface area contributed by atoms with E-state index in [1.54, 1.807) is 12.3 Å². The van der Waals surface area contributed by atoms with Crippen LogP contribution in [0.3, 0.4) is 0 Å². The van der Waals surface area contributed by atoms with Gasteiger partial charge in [0.05, 0.1) is 20.5 Å². The van der Waals surface area contributed by atoms with E-state index in [2.05, 4.69) is 6.58 Å². The third-order valence-electron chi connectivity index (χ3n) is 4.53. The summed E-state index contributed by atoms with van der Waals surface area (Å²) >= 11 is 0. The van der Waals surface area contributed by atoms with Crippen LogP contribution in [0.15, 0.2) is 46.8 Å². The van der Waals surface area contributed by atoms with E-state index in [1.165, 1.54) is 20.3 Å². The second-order valence-corrected chi connectivity index (χ2v) is 5.34. The Balaban J connectivity index is 2.16. The summed E-state index contributed by atoms with van der Waals surface area (Å²) in [5.74, 6) is -0.0836. The van der Waals surface area contributed by atoms with Gasteiger partial charge in [-0.15, -0.1) is 0 Å². The largest absolute Gasteiger partial charge is 0.501 e. The predicted molar refractivity (Wildman–Crippen MR) is 73.2 cm³/mol. The van der Waals surface area contributed by atoms with Gasteiger partial charge in [0.15, 0.2) is 11.2 Å². The maximum atomic E-state index is 12.5. The highest BCUT2D eigenvalue weighted by Gasteiger charge is 2.62. The number of carbonyl (C=O) groups is 2. The SMILES string of the molecule is C=C1C(c2ccco2)C2CC1(C(=O)OC)C(=O)C=C2OC. The molecule has 1 heterocycles. The summed E-state index contributed by atoms with van der Waals surface area (Å²) in [6, 6.07) is 3.59. The van der Waals surface area contributed by atoms with Crippen LogP contribution in [0.5, 0.6) is 0 Å². The molecule has 0 radical (unpaired) electrons. The first-order valence-electron chi connectivity index (χ1n) is 6.67. The summed E-state index contributed by atoms with van der Waals surface area (Å²) in [6.45, 7) is 4.02. The van der Waals surface area contributed by atoms with Crippen molar-refractivity contribution in [2.45, 2.75) is 12.3 Å². The monoisotopic (exact) mass is 288 g/mol. The molecule has 3 unspecified atom stereocenters. The standard InChI is InChI=1S/C16H16O5/c1-9-14(11-5-4-6-21-11)10-8-16(9,15(18)20-3)13(17)7-12(10)19-2/h4-7,10,14H,1,8H2,2-3H3. The second kappa shape index (κ2) is 4.62. The molecule has 0 aliphatic heterocycles. The summed E-state index contributed by atoms with van der Waals surface area (Å²) in [6.07, 6.45) is 3.26. The number of fused-ring (bicyclic) bond motifs is 2. The fourth-order valence-corrected chi connectivity index (χ4v) is 3.51. The Morgan fingerprint density at radius 2 is 2.24 bits per heavy atom. The lowest BCUT2D eigenvalue weighted by Gasteiger charge is -2.27. The van der Waals surface area contributed by atoms with Crippen LogP contribution in [0.4, 0.5) is 0 Å². The molecule has 3 atom stereocenters. The topological polar surface area (TPSA) is 65.7 Å². The normalized spacial score (nSPS) is 31.0. The van der Waals surface area contributed by atoms with Crippen LogP contribution in [0.2, 0.25) is 0 Å². The van der Waals surface area contributed by atoms with E-state index in [4.69, 9.17) is 13.9 Å². The van der Waals surface area contributed by atoms with E-state index in [0.29, 0.717) is 23.5 Å². The average Bonchev–Trinajstić information content (AvgIpc) is 3.08. The van der Waals surface area contributed by atoms with E-state index in [9.17, 15) is 9.59 Å². The highest BCUT2D eigenvalue weighted by Crippen LogP contribution is 2.59. The zero-order valence-electron chi connectivity index (χ0n) is 11.9. The molecular weight excluding hydrogens is 272 g/mol. The molecule has 5 heteroatoms. The summed E-state index contributed by atoms with van der Waals surface area (Å²) < 4.78 is 15.7. The number of esters is 1. The number of hydrogen-bond acceptors (Lipinski definition) is 5. The van der Waals surface area contributed by atoms with Gasteiger partial charge in [-0.2, -0.15) is 0 Å². The number of furan rings is 1. The molecule has 0 aromatic carbocycles. The molecular formula is C16H16O5. The number of carbonyl (C=O) groups excluding carboxylic acids is 2. The van der Waals surface area contributed by atoms with Crippen LogP contribution < -0.4 is 0 Å². The van der Waals surface area contributed by atoms with E-state index in [-0.39, 0.29) is 17.6 Å². The van der Waals surface area contributed by atoms with Gasteiger partial charge in [-0.3, -0.25) is 9.59 Å². The van der Waals surface area contributed by atoms with Gasteiger partial charge in [0.1, 0.15) is 11.5 Å². The minimum atomic E-state index is -1.32. The summed E-state index contributed by atoms with van der Waals surface area (Å²) in [7, 11) is 2.80. The highest BCUT2D eigenvalue weighted by atomic mass is 16.5. The van der Waals surface area contributed by atoms with Gasteiger partial charge >= 0.3 is 5.97 Å². The lowest BCUT2D eigenvalue weighted by atomic mass is 9.75. The number of allylic oxidation sites excluding steroid dienone is 2. The predicted octanol–water partition coefficient (Wildman–Crippen LogP) is 2.21. The first-order chi connectivity index (χ1) is 10.1. The van der Waals surface area contributed by atoms with Crippen molar-refractivity contribution in [3.8, 4) is 0 Å². The van der Waals surface area contributed by atoms with Crippen LogP contribution >= 0.6 is 0 Å². The van der Waals surface area contributed by atoms with Crippen molar-refractivity contribution in [3.05, 3.63) is 48.1 Å². The van der Waals surface area contributed by atoms with E-state index >= 15 is 0 Å². The highest BCUT2D eigenvalue weighted by molar-refractivity contribution is 6.14. The number of hydrogen-bond donors (Lipinski definition) is 0. The lowest BCUT2D eigenvalue weighted by molar-refractivity contribution is -0.154. The van der Waals surface area contributed by atoms with Crippen LogP contribution in [0.1, 0.15) is 18.1 Å². The molecule has 2 bridgehead atoms. The van der Waals surface area contributed by atoms with Gasteiger partial charge in [0.25, 0.3) is 0 Å². The minimum absolute atomic E-state index is 0.148. The van der Waals surface area contributed by atoms with Gasteiger partial charge < -0.3 is 13.9 Å². The summed E-state index contributed by atoms with van der Waals surface area (Å²) in [4.78, 5) is 24.8. The van der Waals surface area contributed by atoms with Crippen LogP contribution in [0.25, 0.3) is 0 Å². The summed E-state index contributed by atoms with van der Waals surface area (Å²) in [5.41, 5.74) is -0.804. The Bertz CT molecular complexity index is 640. The van der Waals surface area contributed by atoms with E-state index in [0.717, 1.165) is 0 Å². The minimum Gasteiger partial charge on any atom is -0.501 e. The molecule has 0 saturated heterocycles. The Morgan fingerprint density at radius 1 is 1.48 bits per heavy atom. The Morgan fingerprint density at radius 3 is 2.81 bits per heavy atom. The van der Waals surface area contributed by atoms with Crippen molar-refractivity contribution < 1.29 is 23.5 Å². The Kier molecular flexibility index (Phi) is 3.01. The van der Waals surface area contributed by atoms with Crippen molar-refractivity contribution in [1.29, 1.82) is 0 Å². The number of methoxy groups -OCH3 is 2. The fourth-order valence-electron chi connectivity index (χ4n) is 3.51. The molecule has 3 rings (SSSR count). The van der Waals surface area contributed by atoms with Crippen LogP contribution in [-0.2, 0) is 19.1 Å². The van der Waals surface area contributed by atoms with Crippen LogP contribution in [0, 0.1) is 11.3 Å². The molecule has 110 valence electrons. The zero-order valence-corrected chi connectivity index (χ0v) is 11.9. The number of ketones is 1. The van der Waals surface area contributed by atoms with Gasteiger partial charge in [0.2, 0.25) is 0 Å². The zero-order chi connectivity index (χ0) is 15.2. The third kappa shape index (κ3) is 1.63. The first-order valence-corrected chi connectivity index (χ1v) is 6.67. The first kappa shape index (κ1) is 13.7. The maximum absolute atomic E-state index is 12.5. The smallest absolute Gasteiger partial charge is 0.323 e. The van der Waals surface area contributed by atoms with Gasteiger partial charge in [-0.05, 0) is 24.1 Å². The van der Waals surface area contributed by atoms with Gasteiger partial charge in [0, 0.05) is 17.9 Å².